The Morgan fingerprint density at radius 3 is 2.56 bits per heavy atom. The highest BCUT2D eigenvalue weighted by atomic mass is 15.2. The standard InChI is InChI=1S/C14H30N2/c1-4-5-6-10-16(12(2)3)14-9-7-8-13(15)11-14/h12-14H,4-11,15H2,1-3H3. The molecular formula is C14H30N2. The summed E-state index contributed by atoms with van der Waals surface area (Å²) in [4.78, 5) is 2.69. The summed E-state index contributed by atoms with van der Waals surface area (Å²) in [6.45, 7) is 8.19. The van der Waals surface area contributed by atoms with Gasteiger partial charge in [0, 0.05) is 18.1 Å². The second-order valence-corrected chi connectivity index (χ2v) is 5.62. The first-order valence-electron chi connectivity index (χ1n) is 7.16. The summed E-state index contributed by atoms with van der Waals surface area (Å²) in [6.07, 6.45) is 9.15. The number of nitrogens with zero attached hydrogens (tertiary/aromatic N) is 1. The Kier molecular flexibility index (Phi) is 6.37. The van der Waals surface area contributed by atoms with Gasteiger partial charge in [0.15, 0.2) is 0 Å². The summed E-state index contributed by atoms with van der Waals surface area (Å²) in [6, 6.07) is 1.87. The molecule has 1 rings (SSSR count). The summed E-state index contributed by atoms with van der Waals surface area (Å²) in [5.41, 5.74) is 6.09. The Bertz CT molecular complexity index is 180. The lowest BCUT2D eigenvalue weighted by Crippen LogP contribution is -2.46. The average molecular weight is 226 g/mol. The van der Waals surface area contributed by atoms with E-state index in [1.54, 1.807) is 0 Å². The minimum absolute atomic E-state index is 0.450. The maximum Gasteiger partial charge on any atom is 0.0113 e. The van der Waals surface area contributed by atoms with E-state index in [1.807, 2.05) is 0 Å². The molecule has 0 aromatic heterocycles. The molecule has 16 heavy (non-hydrogen) atoms. The molecule has 0 spiro atoms. The molecular weight excluding hydrogens is 196 g/mol. The van der Waals surface area contributed by atoms with Crippen LogP contribution in [0.1, 0.15) is 65.7 Å². The van der Waals surface area contributed by atoms with E-state index in [0.717, 1.165) is 6.04 Å². The Hall–Kier alpha value is -0.0800. The van der Waals surface area contributed by atoms with Gasteiger partial charge in [-0.05, 0) is 46.1 Å². The number of hydrogen-bond acceptors (Lipinski definition) is 2. The van der Waals surface area contributed by atoms with Crippen LogP contribution in [0.25, 0.3) is 0 Å². The summed E-state index contributed by atoms with van der Waals surface area (Å²) in [5.74, 6) is 0. The van der Waals surface area contributed by atoms with E-state index in [2.05, 4.69) is 25.7 Å². The molecule has 0 bridgehead atoms. The van der Waals surface area contributed by atoms with E-state index in [0.29, 0.717) is 12.1 Å². The predicted molar refractivity (Wildman–Crippen MR) is 71.6 cm³/mol. The molecule has 0 radical (unpaired) electrons. The Labute approximate surface area is 102 Å². The van der Waals surface area contributed by atoms with Gasteiger partial charge in [-0.25, -0.2) is 0 Å². The molecule has 0 aliphatic heterocycles. The van der Waals surface area contributed by atoms with Gasteiger partial charge in [0.25, 0.3) is 0 Å². The number of hydrogen-bond donors (Lipinski definition) is 1. The lowest BCUT2D eigenvalue weighted by atomic mass is 9.89. The highest BCUT2D eigenvalue weighted by molar-refractivity contribution is 4.83. The molecule has 2 heteroatoms. The van der Waals surface area contributed by atoms with Crippen LogP contribution in [0.15, 0.2) is 0 Å². The van der Waals surface area contributed by atoms with Crippen molar-refractivity contribution < 1.29 is 0 Å². The molecule has 1 aliphatic carbocycles. The normalized spacial score (nSPS) is 26.6. The van der Waals surface area contributed by atoms with Crippen molar-refractivity contribution in [2.45, 2.75) is 83.8 Å². The van der Waals surface area contributed by atoms with Gasteiger partial charge in [-0.2, -0.15) is 0 Å². The fourth-order valence-electron chi connectivity index (χ4n) is 2.91. The van der Waals surface area contributed by atoms with Crippen LogP contribution in [0.5, 0.6) is 0 Å². The van der Waals surface area contributed by atoms with Crippen molar-refractivity contribution in [1.29, 1.82) is 0 Å². The van der Waals surface area contributed by atoms with Crippen molar-refractivity contribution in [3.05, 3.63) is 0 Å². The molecule has 0 saturated heterocycles. The number of unbranched alkanes of at least 4 members (excludes halogenated alkanes) is 2. The highest BCUT2D eigenvalue weighted by Crippen LogP contribution is 2.24. The van der Waals surface area contributed by atoms with E-state index in [-0.39, 0.29) is 0 Å². The minimum Gasteiger partial charge on any atom is -0.328 e. The first kappa shape index (κ1) is 14.0. The molecule has 2 atom stereocenters. The molecule has 1 fully saturated rings. The minimum atomic E-state index is 0.450. The largest absolute Gasteiger partial charge is 0.328 e. The summed E-state index contributed by atoms with van der Waals surface area (Å²) >= 11 is 0. The molecule has 0 heterocycles. The third-order valence-electron chi connectivity index (χ3n) is 3.84. The fraction of sp³-hybridized carbons (Fsp3) is 1.00. The lowest BCUT2D eigenvalue weighted by molar-refractivity contribution is 0.111. The lowest BCUT2D eigenvalue weighted by Gasteiger charge is -2.39. The first-order chi connectivity index (χ1) is 7.65. The van der Waals surface area contributed by atoms with Gasteiger partial charge in [-0.1, -0.05) is 26.2 Å². The fourth-order valence-corrected chi connectivity index (χ4v) is 2.91. The molecule has 2 N–H and O–H groups in total. The van der Waals surface area contributed by atoms with Gasteiger partial charge in [-0.15, -0.1) is 0 Å². The van der Waals surface area contributed by atoms with Crippen molar-refractivity contribution in [2.75, 3.05) is 6.54 Å². The second kappa shape index (κ2) is 7.29. The quantitative estimate of drug-likeness (QED) is 0.705. The number of rotatable bonds is 6. The van der Waals surface area contributed by atoms with Crippen LogP contribution in [0.3, 0.4) is 0 Å². The van der Waals surface area contributed by atoms with E-state index >= 15 is 0 Å². The zero-order valence-electron chi connectivity index (χ0n) is 11.4. The van der Waals surface area contributed by atoms with E-state index in [4.69, 9.17) is 5.73 Å². The van der Waals surface area contributed by atoms with Crippen LogP contribution >= 0.6 is 0 Å². The average Bonchev–Trinajstić information content (AvgIpc) is 2.24. The predicted octanol–water partition coefficient (Wildman–Crippen LogP) is 3.16. The molecule has 96 valence electrons. The third-order valence-corrected chi connectivity index (χ3v) is 3.84. The summed E-state index contributed by atoms with van der Waals surface area (Å²) < 4.78 is 0. The molecule has 0 amide bonds. The summed E-state index contributed by atoms with van der Waals surface area (Å²) in [7, 11) is 0. The van der Waals surface area contributed by atoms with Crippen LogP contribution in [0, 0.1) is 0 Å². The van der Waals surface area contributed by atoms with Crippen LogP contribution < -0.4 is 5.73 Å². The van der Waals surface area contributed by atoms with Crippen molar-refractivity contribution in [3.8, 4) is 0 Å². The van der Waals surface area contributed by atoms with Crippen LogP contribution in [-0.2, 0) is 0 Å². The van der Waals surface area contributed by atoms with Crippen molar-refractivity contribution in [2.24, 2.45) is 5.73 Å². The Morgan fingerprint density at radius 2 is 2.00 bits per heavy atom. The molecule has 2 nitrogen and oxygen atoms in total. The van der Waals surface area contributed by atoms with Crippen LogP contribution in [-0.4, -0.2) is 29.6 Å². The molecule has 1 saturated carbocycles. The Morgan fingerprint density at radius 1 is 1.25 bits per heavy atom. The maximum absolute atomic E-state index is 6.09. The molecule has 0 aromatic carbocycles. The van der Waals surface area contributed by atoms with E-state index in [1.165, 1.54) is 51.5 Å². The van der Waals surface area contributed by atoms with Crippen LogP contribution in [0.2, 0.25) is 0 Å². The van der Waals surface area contributed by atoms with Gasteiger partial charge in [0.1, 0.15) is 0 Å². The monoisotopic (exact) mass is 226 g/mol. The number of nitrogens with two attached hydrogens (primary N) is 1. The smallest absolute Gasteiger partial charge is 0.0113 e. The zero-order chi connectivity index (χ0) is 12.0. The second-order valence-electron chi connectivity index (χ2n) is 5.62. The van der Waals surface area contributed by atoms with Gasteiger partial charge in [0.05, 0.1) is 0 Å². The topological polar surface area (TPSA) is 29.3 Å². The van der Waals surface area contributed by atoms with Crippen molar-refractivity contribution in [3.63, 3.8) is 0 Å². The van der Waals surface area contributed by atoms with Crippen molar-refractivity contribution >= 4 is 0 Å². The third kappa shape index (κ3) is 4.42. The Balaban J connectivity index is 2.41. The zero-order valence-corrected chi connectivity index (χ0v) is 11.4. The van der Waals surface area contributed by atoms with Gasteiger partial charge in [0.2, 0.25) is 0 Å². The summed E-state index contributed by atoms with van der Waals surface area (Å²) in [5, 5.41) is 0. The highest BCUT2D eigenvalue weighted by Gasteiger charge is 2.25. The van der Waals surface area contributed by atoms with Gasteiger partial charge < -0.3 is 5.73 Å². The van der Waals surface area contributed by atoms with Gasteiger partial charge in [-0.3, -0.25) is 4.90 Å². The van der Waals surface area contributed by atoms with E-state index in [9.17, 15) is 0 Å². The molecule has 2 unspecified atom stereocenters. The van der Waals surface area contributed by atoms with Crippen LogP contribution in [0.4, 0.5) is 0 Å². The molecule has 1 aliphatic rings. The van der Waals surface area contributed by atoms with Gasteiger partial charge >= 0.3 is 0 Å². The molecule has 0 aromatic rings. The maximum atomic E-state index is 6.09. The van der Waals surface area contributed by atoms with Crippen molar-refractivity contribution in [1.82, 2.24) is 4.90 Å². The first-order valence-corrected chi connectivity index (χ1v) is 7.16. The van der Waals surface area contributed by atoms with E-state index < -0.39 is 0 Å². The SMILES string of the molecule is CCCCCN(C(C)C)C1CCCC(N)C1.